The predicted octanol–water partition coefficient (Wildman–Crippen LogP) is 6.34. The first-order chi connectivity index (χ1) is 12.6. The second-order valence-electron chi connectivity index (χ2n) is 8.84. The highest BCUT2D eigenvalue weighted by molar-refractivity contribution is 9.10. The lowest BCUT2D eigenvalue weighted by molar-refractivity contribution is 0.240. The van der Waals surface area contributed by atoms with Gasteiger partial charge in [0.2, 0.25) is 0 Å². The van der Waals surface area contributed by atoms with Gasteiger partial charge in [-0.25, -0.2) is 0 Å². The molecule has 0 saturated heterocycles. The van der Waals surface area contributed by atoms with Crippen LogP contribution in [0.25, 0.3) is 0 Å². The third-order valence-electron chi connectivity index (χ3n) is 4.30. The Kier molecular flexibility index (Phi) is 7.35. The number of benzene rings is 2. The molecule has 0 aliphatic carbocycles. The molecule has 1 N–H and O–H groups in total. The summed E-state index contributed by atoms with van der Waals surface area (Å²) in [5.41, 5.74) is 2.61. The Morgan fingerprint density at radius 2 is 1.63 bits per heavy atom. The maximum Gasteiger partial charge on any atom is 0.162 e. The fraction of sp³-hybridized carbons (Fsp3) is 0.478. The summed E-state index contributed by atoms with van der Waals surface area (Å²) in [5, 5.41) is 3.67. The molecule has 148 valence electrons. The molecule has 0 bridgehead atoms. The van der Waals surface area contributed by atoms with Gasteiger partial charge in [-0.1, -0.05) is 67.0 Å². The van der Waals surface area contributed by atoms with E-state index in [4.69, 9.17) is 9.47 Å². The summed E-state index contributed by atoms with van der Waals surface area (Å²) in [6.45, 7) is 12.6. The molecule has 2 aromatic rings. The standard InChI is InChI=1S/C23H32BrNO2/c1-22(2,3)16-23(4,5)25-14-18-12-20(26-6)21(13-19(18)24)27-15-17-10-8-7-9-11-17/h7-13,25H,14-16H2,1-6H3. The molecular weight excluding hydrogens is 402 g/mol. The minimum atomic E-state index is 0.0490. The van der Waals surface area contributed by atoms with Crippen molar-refractivity contribution in [3.63, 3.8) is 0 Å². The van der Waals surface area contributed by atoms with Crippen molar-refractivity contribution < 1.29 is 9.47 Å². The van der Waals surface area contributed by atoms with E-state index in [1.165, 1.54) is 0 Å². The van der Waals surface area contributed by atoms with E-state index in [1.54, 1.807) is 7.11 Å². The molecule has 27 heavy (non-hydrogen) atoms. The van der Waals surface area contributed by atoms with E-state index in [1.807, 2.05) is 30.3 Å². The summed E-state index contributed by atoms with van der Waals surface area (Å²) < 4.78 is 12.6. The topological polar surface area (TPSA) is 30.5 Å². The molecule has 0 unspecified atom stereocenters. The number of rotatable bonds is 8. The Balaban J connectivity index is 2.08. The lowest BCUT2D eigenvalue weighted by Gasteiger charge is -2.33. The number of ether oxygens (including phenoxy) is 2. The molecule has 0 aliphatic rings. The van der Waals surface area contributed by atoms with Gasteiger partial charge in [-0.3, -0.25) is 0 Å². The Bertz CT molecular complexity index is 736. The normalized spacial score (nSPS) is 12.1. The van der Waals surface area contributed by atoms with Crippen molar-refractivity contribution in [1.29, 1.82) is 0 Å². The van der Waals surface area contributed by atoms with Gasteiger partial charge in [0.15, 0.2) is 11.5 Å². The molecule has 2 rings (SSSR count). The van der Waals surface area contributed by atoms with E-state index in [9.17, 15) is 0 Å². The lowest BCUT2D eigenvalue weighted by Crippen LogP contribution is -2.41. The molecule has 2 aromatic carbocycles. The van der Waals surface area contributed by atoms with Gasteiger partial charge in [-0.15, -0.1) is 0 Å². The van der Waals surface area contributed by atoms with Crippen LogP contribution in [0.3, 0.4) is 0 Å². The smallest absolute Gasteiger partial charge is 0.162 e. The molecule has 0 fully saturated rings. The van der Waals surface area contributed by atoms with Crippen LogP contribution in [0.5, 0.6) is 11.5 Å². The summed E-state index contributed by atoms with van der Waals surface area (Å²) >= 11 is 3.69. The molecular formula is C23H32BrNO2. The Morgan fingerprint density at radius 3 is 2.22 bits per heavy atom. The Labute approximate surface area is 172 Å². The number of nitrogens with one attached hydrogen (secondary N) is 1. The third-order valence-corrected chi connectivity index (χ3v) is 5.04. The maximum absolute atomic E-state index is 5.99. The van der Waals surface area contributed by atoms with Crippen molar-refractivity contribution in [2.24, 2.45) is 5.41 Å². The molecule has 0 spiro atoms. The summed E-state index contributed by atoms with van der Waals surface area (Å²) in [5.74, 6) is 1.49. The van der Waals surface area contributed by atoms with Crippen molar-refractivity contribution >= 4 is 15.9 Å². The van der Waals surface area contributed by atoms with Gasteiger partial charge in [0, 0.05) is 16.6 Å². The van der Waals surface area contributed by atoms with E-state index in [0.29, 0.717) is 6.61 Å². The molecule has 0 aliphatic heterocycles. The van der Waals surface area contributed by atoms with Gasteiger partial charge >= 0.3 is 0 Å². The van der Waals surface area contributed by atoms with E-state index < -0.39 is 0 Å². The van der Waals surface area contributed by atoms with Crippen LogP contribution in [0.1, 0.15) is 52.2 Å². The first-order valence-corrected chi connectivity index (χ1v) is 10.2. The SMILES string of the molecule is COc1cc(CNC(C)(C)CC(C)(C)C)c(Br)cc1OCc1ccccc1. The molecule has 0 saturated carbocycles. The number of halogens is 1. The van der Waals surface area contributed by atoms with Crippen LogP contribution in [0, 0.1) is 5.41 Å². The number of hydrogen-bond donors (Lipinski definition) is 1. The van der Waals surface area contributed by atoms with Crippen LogP contribution in [0.15, 0.2) is 46.9 Å². The summed E-state index contributed by atoms with van der Waals surface area (Å²) in [7, 11) is 1.68. The average Bonchev–Trinajstić information content (AvgIpc) is 2.58. The second kappa shape index (κ2) is 9.11. The zero-order chi connectivity index (χ0) is 20.1. The van der Waals surface area contributed by atoms with Gasteiger partial charge < -0.3 is 14.8 Å². The van der Waals surface area contributed by atoms with Crippen molar-refractivity contribution in [2.45, 2.75) is 59.7 Å². The van der Waals surface area contributed by atoms with Gasteiger partial charge in [0.05, 0.1) is 7.11 Å². The highest BCUT2D eigenvalue weighted by atomic mass is 79.9. The maximum atomic E-state index is 5.99. The van der Waals surface area contributed by atoms with Gasteiger partial charge in [-0.05, 0) is 48.9 Å². The van der Waals surface area contributed by atoms with Crippen LogP contribution in [0.2, 0.25) is 0 Å². The highest BCUT2D eigenvalue weighted by Gasteiger charge is 2.25. The minimum absolute atomic E-state index is 0.0490. The van der Waals surface area contributed by atoms with Gasteiger partial charge in [-0.2, -0.15) is 0 Å². The van der Waals surface area contributed by atoms with Crippen LogP contribution in [-0.2, 0) is 13.2 Å². The average molecular weight is 434 g/mol. The fourth-order valence-electron chi connectivity index (χ4n) is 3.44. The Morgan fingerprint density at radius 1 is 0.963 bits per heavy atom. The third kappa shape index (κ3) is 7.19. The zero-order valence-corrected chi connectivity index (χ0v) is 18.9. The van der Waals surface area contributed by atoms with Crippen LogP contribution < -0.4 is 14.8 Å². The molecule has 3 nitrogen and oxygen atoms in total. The quantitative estimate of drug-likeness (QED) is 0.526. The molecule has 4 heteroatoms. The number of hydrogen-bond acceptors (Lipinski definition) is 3. The van der Waals surface area contributed by atoms with Crippen molar-refractivity contribution in [3.05, 3.63) is 58.1 Å². The molecule has 0 heterocycles. The predicted molar refractivity (Wildman–Crippen MR) is 116 cm³/mol. The van der Waals surface area contributed by atoms with E-state index in [2.05, 4.69) is 68.0 Å². The van der Waals surface area contributed by atoms with E-state index in [0.717, 1.165) is 40.1 Å². The monoisotopic (exact) mass is 433 g/mol. The van der Waals surface area contributed by atoms with Crippen molar-refractivity contribution in [1.82, 2.24) is 5.32 Å². The first-order valence-electron chi connectivity index (χ1n) is 9.38. The molecule has 0 radical (unpaired) electrons. The van der Waals surface area contributed by atoms with Crippen molar-refractivity contribution in [2.75, 3.05) is 7.11 Å². The van der Waals surface area contributed by atoms with E-state index >= 15 is 0 Å². The molecule has 0 atom stereocenters. The summed E-state index contributed by atoms with van der Waals surface area (Å²) in [6, 6.07) is 14.2. The largest absolute Gasteiger partial charge is 0.493 e. The fourth-order valence-corrected chi connectivity index (χ4v) is 3.91. The van der Waals surface area contributed by atoms with E-state index in [-0.39, 0.29) is 11.0 Å². The summed E-state index contributed by atoms with van der Waals surface area (Å²) in [6.07, 6.45) is 1.09. The van der Waals surface area contributed by atoms with Crippen molar-refractivity contribution in [3.8, 4) is 11.5 Å². The van der Waals surface area contributed by atoms with Gasteiger partial charge in [0.25, 0.3) is 0 Å². The summed E-state index contributed by atoms with van der Waals surface area (Å²) in [4.78, 5) is 0. The van der Waals surface area contributed by atoms with Crippen LogP contribution in [0.4, 0.5) is 0 Å². The van der Waals surface area contributed by atoms with Gasteiger partial charge in [0.1, 0.15) is 6.61 Å². The first kappa shape index (κ1) is 21.8. The highest BCUT2D eigenvalue weighted by Crippen LogP contribution is 2.35. The second-order valence-corrected chi connectivity index (χ2v) is 9.70. The Hall–Kier alpha value is -1.52. The van der Waals surface area contributed by atoms with Crippen LogP contribution in [-0.4, -0.2) is 12.6 Å². The molecule has 0 amide bonds. The molecule has 0 aromatic heterocycles. The number of methoxy groups -OCH3 is 1. The lowest BCUT2D eigenvalue weighted by atomic mass is 9.82. The zero-order valence-electron chi connectivity index (χ0n) is 17.4. The minimum Gasteiger partial charge on any atom is -0.493 e. The van der Waals surface area contributed by atoms with Crippen LogP contribution >= 0.6 is 15.9 Å².